The zero-order valence-electron chi connectivity index (χ0n) is 9.88. The Morgan fingerprint density at radius 3 is 2.53 bits per heavy atom. The van der Waals surface area contributed by atoms with Crippen molar-refractivity contribution in [2.24, 2.45) is 5.92 Å². The number of nitrogens with one attached hydrogen (secondary N) is 1. The van der Waals surface area contributed by atoms with Gasteiger partial charge in [-0.25, -0.2) is 14.3 Å². The van der Waals surface area contributed by atoms with Crippen LogP contribution in [0, 0.1) is 5.92 Å². The Balaban J connectivity index is 1.75. The monoisotopic (exact) mass is 247 g/mol. The lowest BCUT2D eigenvalue weighted by Crippen LogP contribution is -2.38. The van der Waals surface area contributed by atoms with E-state index < -0.39 is 11.8 Å². The van der Waals surface area contributed by atoms with Gasteiger partial charge in [-0.3, -0.25) is 9.63 Å². The number of carbonyl (C=O) groups excluding carboxylic acids is 1. The fraction of sp³-hybridized carbons (Fsp3) is 0.917. The minimum absolute atomic E-state index is 0.0723. The minimum atomic E-state index is -2.69. The first-order valence-corrected chi connectivity index (χ1v) is 6.40. The highest BCUT2D eigenvalue weighted by Gasteiger charge is 2.39. The number of hydroxylamine groups is 1. The smallest absolute Gasteiger partial charge is 0.248 e. The van der Waals surface area contributed by atoms with Crippen molar-refractivity contribution in [1.29, 1.82) is 0 Å². The number of hydrogen-bond acceptors (Lipinski definition) is 2. The summed E-state index contributed by atoms with van der Waals surface area (Å²) in [6.45, 7) is 0. The average molecular weight is 247 g/mol. The lowest BCUT2D eigenvalue weighted by atomic mass is 9.86. The SMILES string of the molecule is O=C(NOC1CCCC1)C1CCCC(F)(F)C1. The molecule has 0 aliphatic heterocycles. The van der Waals surface area contributed by atoms with Gasteiger partial charge in [0.05, 0.1) is 6.10 Å². The number of amides is 1. The van der Waals surface area contributed by atoms with Crippen molar-refractivity contribution in [1.82, 2.24) is 5.48 Å². The van der Waals surface area contributed by atoms with E-state index >= 15 is 0 Å². The lowest BCUT2D eigenvalue weighted by Gasteiger charge is -2.28. The molecular formula is C12H19F2NO2. The largest absolute Gasteiger partial charge is 0.272 e. The van der Waals surface area contributed by atoms with E-state index in [0.29, 0.717) is 12.8 Å². The molecule has 1 unspecified atom stereocenters. The molecule has 0 spiro atoms. The molecule has 98 valence electrons. The van der Waals surface area contributed by atoms with Gasteiger partial charge in [0.25, 0.3) is 0 Å². The summed E-state index contributed by atoms with van der Waals surface area (Å²) in [7, 11) is 0. The van der Waals surface area contributed by atoms with Crippen molar-refractivity contribution in [3.63, 3.8) is 0 Å². The summed E-state index contributed by atoms with van der Waals surface area (Å²) in [6, 6.07) is 0. The molecule has 1 amide bonds. The van der Waals surface area contributed by atoms with Gasteiger partial charge < -0.3 is 0 Å². The summed E-state index contributed by atoms with van der Waals surface area (Å²) in [5, 5.41) is 0. The van der Waals surface area contributed by atoms with E-state index in [4.69, 9.17) is 4.84 Å². The van der Waals surface area contributed by atoms with Gasteiger partial charge in [-0.1, -0.05) is 12.8 Å². The third kappa shape index (κ3) is 3.63. The van der Waals surface area contributed by atoms with Crippen LogP contribution in [0.25, 0.3) is 0 Å². The van der Waals surface area contributed by atoms with Crippen LogP contribution in [-0.2, 0) is 9.63 Å². The topological polar surface area (TPSA) is 38.3 Å². The van der Waals surface area contributed by atoms with Crippen LogP contribution in [-0.4, -0.2) is 17.9 Å². The molecule has 0 aromatic rings. The van der Waals surface area contributed by atoms with E-state index in [0.717, 1.165) is 25.7 Å². The molecule has 1 atom stereocenters. The highest BCUT2D eigenvalue weighted by atomic mass is 19.3. The van der Waals surface area contributed by atoms with E-state index in [-0.39, 0.29) is 24.9 Å². The Labute approximate surface area is 99.9 Å². The maximum atomic E-state index is 13.1. The second-order valence-corrected chi connectivity index (χ2v) is 5.14. The Morgan fingerprint density at radius 2 is 1.88 bits per heavy atom. The average Bonchev–Trinajstić information content (AvgIpc) is 2.77. The molecule has 0 heterocycles. The second-order valence-electron chi connectivity index (χ2n) is 5.14. The number of carbonyl (C=O) groups is 1. The van der Waals surface area contributed by atoms with Gasteiger partial charge in [0, 0.05) is 18.8 Å². The van der Waals surface area contributed by atoms with Crippen molar-refractivity contribution in [2.75, 3.05) is 0 Å². The van der Waals surface area contributed by atoms with Crippen molar-refractivity contribution in [3.05, 3.63) is 0 Å². The first-order valence-electron chi connectivity index (χ1n) is 6.40. The van der Waals surface area contributed by atoms with E-state index in [2.05, 4.69) is 5.48 Å². The van der Waals surface area contributed by atoms with E-state index in [1.54, 1.807) is 0 Å². The first-order chi connectivity index (χ1) is 8.07. The van der Waals surface area contributed by atoms with Crippen molar-refractivity contribution in [2.45, 2.75) is 63.4 Å². The predicted molar refractivity (Wildman–Crippen MR) is 58.4 cm³/mol. The molecule has 2 aliphatic rings. The van der Waals surface area contributed by atoms with Crippen molar-refractivity contribution < 1.29 is 18.4 Å². The Kier molecular flexibility index (Phi) is 3.97. The van der Waals surface area contributed by atoms with Crippen LogP contribution in [0.5, 0.6) is 0 Å². The van der Waals surface area contributed by atoms with Crippen LogP contribution in [0.15, 0.2) is 0 Å². The molecule has 3 nitrogen and oxygen atoms in total. The van der Waals surface area contributed by atoms with E-state index in [9.17, 15) is 13.6 Å². The second kappa shape index (κ2) is 5.29. The van der Waals surface area contributed by atoms with Crippen LogP contribution in [0.2, 0.25) is 0 Å². The van der Waals surface area contributed by atoms with E-state index in [1.165, 1.54) is 0 Å². The van der Waals surface area contributed by atoms with Gasteiger partial charge in [-0.15, -0.1) is 0 Å². The van der Waals surface area contributed by atoms with Crippen molar-refractivity contribution in [3.8, 4) is 0 Å². The maximum absolute atomic E-state index is 13.1. The van der Waals surface area contributed by atoms with Crippen LogP contribution >= 0.6 is 0 Å². The molecule has 0 radical (unpaired) electrons. The summed E-state index contributed by atoms with van der Waals surface area (Å²) < 4.78 is 26.3. The summed E-state index contributed by atoms with van der Waals surface area (Å²) in [5.74, 6) is -3.66. The van der Waals surface area contributed by atoms with Gasteiger partial charge in [-0.05, 0) is 25.7 Å². The van der Waals surface area contributed by atoms with Gasteiger partial charge in [-0.2, -0.15) is 0 Å². The maximum Gasteiger partial charge on any atom is 0.248 e. The fourth-order valence-corrected chi connectivity index (χ4v) is 2.63. The molecule has 2 saturated carbocycles. The van der Waals surface area contributed by atoms with Crippen LogP contribution in [0.4, 0.5) is 8.78 Å². The molecule has 2 rings (SSSR count). The molecule has 1 N–H and O–H groups in total. The predicted octanol–water partition coefficient (Wildman–Crippen LogP) is 2.80. The van der Waals surface area contributed by atoms with Crippen LogP contribution < -0.4 is 5.48 Å². The molecule has 0 saturated heterocycles. The molecule has 5 heteroatoms. The molecule has 2 aliphatic carbocycles. The van der Waals surface area contributed by atoms with Gasteiger partial charge in [0.2, 0.25) is 11.8 Å². The van der Waals surface area contributed by atoms with E-state index in [1.807, 2.05) is 0 Å². The highest BCUT2D eigenvalue weighted by molar-refractivity contribution is 5.77. The number of alkyl halides is 2. The Bertz CT molecular complexity index is 278. The normalized spacial score (nSPS) is 29.2. The Hall–Kier alpha value is -0.710. The molecule has 0 aromatic heterocycles. The fourth-order valence-electron chi connectivity index (χ4n) is 2.63. The molecular weight excluding hydrogens is 228 g/mol. The quantitative estimate of drug-likeness (QED) is 0.779. The summed E-state index contributed by atoms with van der Waals surface area (Å²) in [6.07, 6.45) is 4.70. The van der Waals surface area contributed by atoms with Crippen molar-refractivity contribution >= 4 is 5.91 Å². The number of hydrogen-bond donors (Lipinski definition) is 1. The summed E-state index contributed by atoms with van der Waals surface area (Å²) in [5.41, 5.74) is 2.36. The minimum Gasteiger partial charge on any atom is -0.272 e. The third-order valence-electron chi connectivity index (χ3n) is 3.64. The van der Waals surface area contributed by atoms with Crippen LogP contribution in [0.1, 0.15) is 51.4 Å². The zero-order valence-corrected chi connectivity index (χ0v) is 9.88. The third-order valence-corrected chi connectivity index (χ3v) is 3.64. The van der Waals surface area contributed by atoms with Crippen LogP contribution in [0.3, 0.4) is 0 Å². The zero-order chi connectivity index (χ0) is 12.3. The lowest BCUT2D eigenvalue weighted by molar-refractivity contribution is -0.148. The first kappa shape index (κ1) is 12.7. The van der Waals surface area contributed by atoms with Gasteiger partial charge >= 0.3 is 0 Å². The number of halogens is 2. The standard InChI is InChI=1S/C12H19F2NO2/c13-12(14)7-3-4-9(8-12)11(16)15-17-10-5-1-2-6-10/h9-10H,1-8H2,(H,15,16). The van der Waals surface area contributed by atoms with Gasteiger partial charge in [0.1, 0.15) is 0 Å². The molecule has 0 aromatic carbocycles. The molecule has 17 heavy (non-hydrogen) atoms. The highest BCUT2D eigenvalue weighted by Crippen LogP contribution is 2.36. The molecule has 2 fully saturated rings. The Morgan fingerprint density at radius 1 is 1.18 bits per heavy atom. The number of rotatable bonds is 3. The summed E-state index contributed by atoms with van der Waals surface area (Å²) in [4.78, 5) is 16.9. The van der Waals surface area contributed by atoms with Gasteiger partial charge in [0.15, 0.2) is 0 Å². The summed E-state index contributed by atoms with van der Waals surface area (Å²) >= 11 is 0. The molecule has 0 bridgehead atoms.